The van der Waals surface area contributed by atoms with Gasteiger partial charge in [0.15, 0.2) is 17.5 Å². The lowest BCUT2D eigenvalue weighted by Crippen LogP contribution is -2.65. The largest absolute Gasteiger partial charge is 0.477 e. The summed E-state index contributed by atoms with van der Waals surface area (Å²) in [6, 6.07) is 4.77. The number of carboxylic acids is 1. The molecular weight excluding hydrogens is 198 g/mol. The summed E-state index contributed by atoms with van der Waals surface area (Å²) in [6.07, 6.45) is 0.395. The Kier molecular flexibility index (Phi) is 2.47. The van der Waals surface area contributed by atoms with Crippen molar-refractivity contribution in [3.8, 4) is 11.5 Å². The van der Waals surface area contributed by atoms with Crippen LogP contribution in [-0.2, 0) is 11.2 Å². The van der Waals surface area contributed by atoms with Crippen molar-refractivity contribution in [1.82, 2.24) is 0 Å². The fourth-order valence-electron chi connectivity index (χ4n) is 1.44. The van der Waals surface area contributed by atoms with Crippen molar-refractivity contribution >= 4 is 5.97 Å². The monoisotopic (exact) mass is 210 g/mol. The highest BCUT2D eigenvalue weighted by Gasteiger charge is 2.19. The summed E-state index contributed by atoms with van der Waals surface area (Å²) in [5.74, 6) is 0.479. The molecule has 80 valence electrons. The van der Waals surface area contributed by atoms with Crippen molar-refractivity contribution in [2.24, 2.45) is 0 Å². The summed E-state index contributed by atoms with van der Waals surface area (Å²) >= 11 is 0. The summed E-state index contributed by atoms with van der Waals surface area (Å²) in [7, 11) is 0. The van der Waals surface area contributed by atoms with Crippen LogP contribution in [0.5, 0.6) is 11.5 Å². The highest BCUT2D eigenvalue weighted by molar-refractivity contribution is 5.72. The topological polar surface area (TPSA) is 83.4 Å². The maximum absolute atomic E-state index is 10.6. The molecule has 0 bridgehead atoms. The first-order valence-electron chi connectivity index (χ1n) is 4.61. The molecule has 5 nitrogen and oxygen atoms in total. The maximum atomic E-state index is 10.6. The first-order valence-corrected chi connectivity index (χ1v) is 4.61. The summed E-state index contributed by atoms with van der Waals surface area (Å²) < 4.78 is 10.3. The van der Waals surface area contributed by atoms with Gasteiger partial charge in [-0.1, -0.05) is 6.07 Å². The fraction of sp³-hybridized carbons (Fsp3) is 0.300. The molecule has 1 unspecified atom stereocenters. The number of fused-ring (bicyclic) bond motifs is 1. The zero-order chi connectivity index (χ0) is 10.8. The number of quaternary nitrogens is 1. The number of aliphatic carboxylic acids is 1. The van der Waals surface area contributed by atoms with Crippen LogP contribution in [0.15, 0.2) is 18.2 Å². The van der Waals surface area contributed by atoms with E-state index in [4.69, 9.17) is 14.6 Å². The van der Waals surface area contributed by atoms with Crippen molar-refractivity contribution < 1.29 is 25.1 Å². The first kappa shape index (κ1) is 9.79. The molecule has 1 aromatic rings. The van der Waals surface area contributed by atoms with Crippen LogP contribution < -0.4 is 15.2 Å². The molecular formula is C10H12NO4+. The van der Waals surface area contributed by atoms with Crippen LogP contribution in [0.2, 0.25) is 0 Å². The number of benzene rings is 1. The van der Waals surface area contributed by atoms with Crippen molar-refractivity contribution in [3.63, 3.8) is 0 Å². The molecule has 0 spiro atoms. The summed E-state index contributed by atoms with van der Waals surface area (Å²) in [5.41, 5.74) is 4.45. The van der Waals surface area contributed by atoms with E-state index < -0.39 is 12.0 Å². The van der Waals surface area contributed by atoms with Crippen LogP contribution in [0.3, 0.4) is 0 Å². The minimum Gasteiger partial charge on any atom is -0.477 e. The minimum atomic E-state index is -0.896. The second-order valence-corrected chi connectivity index (χ2v) is 3.43. The molecule has 4 N–H and O–H groups in total. The lowest BCUT2D eigenvalue weighted by atomic mass is 10.1. The Bertz CT molecular complexity index is 391. The Hall–Kier alpha value is -1.75. The molecule has 0 amide bonds. The van der Waals surface area contributed by atoms with Gasteiger partial charge in [-0.05, 0) is 17.7 Å². The summed E-state index contributed by atoms with van der Waals surface area (Å²) in [6.45, 7) is 0.228. The molecule has 1 aliphatic rings. The van der Waals surface area contributed by atoms with Gasteiger partial charge >= 0.3 is 5.97 Å². The predicted octanol–water partition coefficient (Wildman–Crippen LogP) is -0.347. The van der Waals surface area contributed by atoms with Crippen LogP contribution in [0.1, 0.15) is 5.56 Å². The maximum Gasteiger partial charge on any atom is 0.362 e. The fourth-order valence-corrected chi connectivity index (χ4v) is 1.44. The van der Waals surface area contributed by atoms with Crippen LogP contribution in [0.4, 0.5) is 0 Å². The Morgan fingerprint density at radius 1 is 1.47 bits per heavy atom. The number of ether oxygens (including phenoxy) is 2. The third kappa shape index (κ3) is 2.02. The summed E-state index contributed by atoms with van der Waals surface area (Å²) in [5, 5.41) is 8.72. The number of carboxylic acid groups (broad SMARTS) is 1. The molecule has 15 heavy (non-hydrogen) atoms. The molecule has 5 heteroatoms. The van der Waals surface area contributed by atoms with Crippen molar-refractivity contribution in [1.29, 1.82) is 0 Å². The zero-order valence-electron chi connectivity index (χ0n) is 8.10. The Morgan fingerprint density at radius 3 is 2.93 bits per heavy atom. The van der Waals surface area contributed by atoms with Crippen LogP contribution in [0, 0.1) is 0 Å². The predicted molar refractivity (Wildman–Crippen MR) is 50.6 cm³/mol. The van der Waals surface area contributed by atoms with E-state index in [1.54, 1.807) is 12.1 Å². The molecule has 1 aromatic carbocycles. The van der Waals surface area contributed by atoms with Gasteiger partial charge in [0.1, 0.15) is 0 Å². The highest BCUT2D eigenvalue weighted by atomic mass is 16.7. The Balaban J connectivity index is 2.13. The van der Waals surface area contributed by atoms with Gasteiger partial charge in [-0.3, -0.25) is 0 Å². The quantitative estimate of drug-likeness (QED) is 0.714. The average molecular weight is 210 g/mol. The Morgan fingerprint density at radius 2 is 2.20 bits per heavy atom. The highest BCUT2D eigenvalue weighted by Crippen LogP contribution is 2.32. The van der Waals surface area contributed by atoms with Gasteiger partial charge in [0.05, 0.1) is 0 Å². The van der Waals surface area contributed by atoms with Crippen LogP contribution in [0.25, 0.3) is 0 Å². The van der Waals surface area contributed by atoms with E-state index in [9.17, 15) is 4.79 Å². The van der Waals surface area contributed by atoms with Gasteiger partial charge in [0.2, 0.25) is 6.79 Å². The molecule has 2 rings (SSSR count). The molecule has 1 aliphatic heterocycles. The van der Waals surface area contributed by atoms with Gasteiger partial charge in [-0.2, -0.15) is 0 Å². The normalized spacial score (nSPS) is 15.0. The van der Waals surface area contributed by atoms with Gasteiger partial charge < -0.3 is 20.3 Å². The standard InChI is InChI=1S/C10H11NO4/c11-7(10(12)13)3-6-1-2-8-9(4-6)15-5-14-8/h1-2,4,7H,3,5,11H2,(H,12,13)/p+1. The van der Waals surface area contributed by atoms with Crippen molar-refractivity contribution in [2.45, 2.75) is 12.5 Å². The molecule has 0 aromatic heterocycles. The van der Waals surface area contributed by atoms with E-state index in [0.717, 1.165) is 5.56 Å². The lowest BCUT2D eigenvalue weighted by Gasteiger charge is -2.04. The van der Waals surface area contributed by atoms with Crippen molar-refractivity contribution in [2.75, 3.05) is 6.79 Å². The van der Waals surface area contributed by atoms with E-state index in [2.05, 4.69) is 5.73 Å². The van der Waals surface area contributed by atoms with Crippen LogP contribution in [-0.4, -0.2) is 23.9 Å². The minimum absolute atomic E-state index is 0.228. The third-order valence-electron chi connectivity index (χ3n) is 2.27. The third-order valence-corrected chi connectivity index (χ3v) is 2.27. The molecule has 0 saturated heterocycles. The van der Waals surface area contributed by atoms with Gasteiger partial charge in [0, 0.05) is 6.42 Å². The molecule has 0 radical (unpaired) electrons. The van der Waals surface area contributed by atoms with Gasteiger partial charge in [-0.25, -0.2) is 4.79 Å². The zero-order valence-corrected chi connectivity index (χ0v) is 8.10. The van der Waals surface area contributed by atoms with E-state index in [0.29, 0.717) is 17.9 Å². The van der Waals surface area contributed by atoms with Gasteiger partial charge in [0.25, 0.3) is 0 Å². The van der Waals surface area contributed by atoms with E-state index >= 15 is 0 Å². The van der Waals surface area contributed by atoms with Gasteiger partial charge in [-0.15, -0.1) is 0 Å². The average Bonchev–Trinajstić information content (AvgIpc) is 2.64. The second-order valence-electron chi connectivity index (χ2n) is 3.43. The number of rotatable bonds is 3. The SMILES string of the molecule is [NH3+]C(Cc1ccc2c(c1)OCO2)C(=O)O. The van der Waals surface area contributed by atoms with Crippen molar-refractivity contribution in [3.05, 3.63) is 23.8 Å². The molecule has 0 saturated carbocycles. The van der Waals surface area contributed by atoms with E-state index in [1.165, 1.54) is 0 Å². The molecule has 1 heterocycles. The number of carbonyl (C=O) groups is 1. The van der Waals surface area contributed by atoms with E-state index in [-0.39, 0.29) is 6.79 Å². The molecule has 0 fully saturated rings. The smallest absolute Gasteiger partial charge is 0.362 e. The second kappa shape index (κ2) is 3.78. The molecule has 0 aliphatic carbocycles. The first-order chi connectivity index (χ1) is 7.16. The number of hydrogen-bond donors (Lipinski definition) is 2. The lowest BCUT2D eigenvalue weighted by molar-refractivity contribution is -0.407. The summed E-state index contributed by atoms with van der Waals surface area (Å²) in [4.78, 5) is 10.6. The van der Waals surface area contributed by atoms with E-state index in [1.807, 2.05) is 6.07 Å². The van der Waals surface area contributed by atoms with Crippen LogP contribution >= 0.6 is 0 Å². The Labute approximate surface area is 86.4 Å². The number of hydrogen-bond acceptors (Lipinski definition) is 3. The molecule has 1 atom stereocenters.